The predicted molar refractivity (Wildman–Crippen MR) is 133 cm³/mol. The third kappa shape index (κ3) is 3.99. The first kappa shape index (κ1) is 22.8. The van der Waals surface area contributed by atoms with E-state index in [1.165, 1.54) is 0 Å². The standard InChI is InChI=1S/C28H21N6.Ir/c1-19-29-25-18-22(16-17-26(25)33(19)2)28-30-31-32-34(28)27-23(20-10-5-3-6-11-20)14-9-15-24(27)21-12-7-4-8-13-21;/h3-15,17-18H,1-2H3;/q-1;. The van der Waals surface area contributed by atoms with E-state index in [4.69, 9.17) is 0 Å². The Labute approximate surface area is 216 Å². The van der Waals surface area contributed by atoms with Gasteiger partial charge in [-0.1, -0.05) is 78.9 Å². The van der Waals surface area contributed by atoms with Crippen molar-refractivity contribution in [3.8, 4) is 39.3 Å². The van der Waals surface area contributed by atoms with Gasteiger partial charge in [0.2, 0.25) is 0 Å². The van der Waals surface area contributed by atoms with Crippen molar-refractivity contribution >= 4 is 11.0 Å². The molecule has 173 valence electrons. The van der Waals surface area contributed by atoms with Gasteiger partial charge in [0.05, 0.1) is 11.5 Å². The van der Waals surface area contributed by atoms with Crippen LogP contribution in [0.1, 0.15) is 5.82 Å². The zero-order valence-electron chi connectivity index (χ0n) is 19.2. The molecule has 0 aliphatic rings. The molecule has 6 rings (SSSR count). The van der Waals surface area contributed by atoms with Crippen molar-refractivity contribution in [3.05, 3.63) is 103 Å². The molecule has 6 nitrogen and oxygen atoms in total. The molecule has 0 spiro atoms. The molecule has 7 heteroatoms. The molecule has 6 aromatic rings. The van der Waals surface area contributed by atoms with Gasteiger partial charge in [-0.25, -0.2) is 4.68 Å². The number of nitrogens with zero attached hydrogens (tertiary/aromatic N) is 6. The Morgan fingerprint density at radius 3 is 2.06 bits per heavy atom. The molecule has 2 aromatic heterocycles. The van der Waals surface area contributed by atoms with E-state index >= 15 is 0 Å². The van der Waals surface area contributed by atoms with Gasteiger partial charge in [-0.3, -0.25) is 4.98 Å². The molecule has 0 N–H and O–H groups in total. The number of aryl methyl sites for hydroxylation is 2. The summed E-state index contributed by atoms with van der Waals surface area (Å²) in [6.45, 7) is 1.99. The van der Waals surface area contributed by atoms with E-state index in [2.05, 4.69) is 73.6 Å². The Morgan fingerprint density at radius 1 is 0.800 bits per heavy atom. The molecule has 0 saturated carbocycles. The molecule has 0 saturated heterocycles. The first-order valence-corrected chi connectivity index (χ1v) is 11.1. The number of para-hydroxylation sites is 1. The maximum Gasteiger partial charge on any atom is 0.104 e. The molecule has 0 fully saturated rings. The summed E-state index contributed by atoms with van der Waals surface area (Å²) in [5, 5.41) is 12.9. The van der Waals surface area contributed by atoms with Crippen LogP contribution in [0.4, 0.5) is 0 Å². The fourth-order valence-electron chi connectivity index (χ4n) is 4.36. The molecule has 2 heterocycles. The Balaban J connectivity index is 0.00000253. The van der Waals surface area contributed by atoms with Gasteiger partial charge in [-0.05, 0) is 34.0 Å². The van der Waals surface area contributed by atoms with Gasteiger partial charge in [0, 0.05) is 43.8 Å². The number of imidazole rings is 1. The van der Waals surface area contributed by atoms with E-state index < -0.39 is 0 Å². The molecular formula is C28H21IrN6-. The zero-order chi connectivity index (χ0) is 23.1. The van der Waals surface area contributed by atoms with E-state index in [0.29, 0.717) is 5.82 Å². The minimum atomic E-state index is 0. The van der Waals surface area contributed by atoms with Crippen LogP contribution in [0.5, 0.6) is 0 Å². The summed E-state index contributed by atoms with van der Waals surface area (Å²) < 4.78 is 3.87. The predicted octanol–water partition coefficient (Wildman–Crippen LogP) is 5.66. The second-order valence-electron chi connectivity index (χ2n) is 8.18. The Hall–Kier alpha value is -3.93. The van der Waals surface area contributed by atoms with Gasteiger partial charge in [0.1, 0.15) is 5.82 Å². The third-order valence-electron chi connectivity index (χ3n) is 6.16. The van der Waals surface area contributed by atoms with Gasteiger partial charge >= 0.3 is 0 Å². The second kappa shape index (κ2) is 9.37. The summed E-state index contributed by atoms with van der Waals surface area (Å²) in [5.74, 6) is 1.56. The van der Waals surface area contributed by atoms with Crippen LogP contribution in [0.3, 0.4) is 0 Å². The van der Waals surface area contributed by atoms with Crippen molar-refractivity contribution in [2.45, 2.75) is 6.92 Å². The van der Waals surface area contributed by atoms with Crippen LogP contribution in [0.2, 0.25) is 0 Å². The van der Waals surface area contributed by atoms with E-state index in [1.807, 2.05) is 67.2 Å². The van der Waals surface area contributed by atoms with E-state index in [0.717, 1.165) is 50.4 Å². The Morgan fingerprint density at radius 2 is 1.43 bits per heavy atom. The first-order chi connectivity index (χ1) is 16.7. The van der Waals surface area contributed by atoms with Crippen molar-refractivity contribution < 1.29 is 20.1 Å². The normalized spacial score (nSPS) is 10.9. The quantitative estimate of drug-likeness (QED) is 0.235. The average Bonchev–Trinajstić information content (AvgIpc) is 3.49. The smallest absolute Gasteiger partial charge is 0.104 e. The van der Waals surface area contributed by atoms with Crippen molar-refractivity contribution in [2.75, 3.05) is 0 Å². The van der Waals surface area contributed by atoms with Crippen molar-refractivity contribution in [2.24, 2.45) is 7.05 Å². The van der Waals surface area contributed by atoms with Gasteiger partial charge in [-0.2, -0.15) is 5.10 Å². The van der Waals surface area contributed by atoms with Crippen LogP contribution < -0.4 is 0 Å². The van der Waals surface area contributed by atoms with Crippen LogP contribution >= 0.6 is 0 Å². The van der Waals surface area contributed by atoms with Crippen LogP contribution in [0.25, 0.3) is 50.4 Å². The van der Waals surface area contributed by atoms with E-state index in [-0.39, 0.29) is 20.1 Å². The Bertz CT molecular complexity index is 1560. The number of fused-ring (bicyclic) bond motifs is 1. The summed E-state index contributed by atoms with van der Waals surface area (Å²) in [6.07, 6.45) is 0. The number of benzene rings is 4. The van der Waals surface area contributed by atoms with Crippen molar-refractivity contribution in [1.29, 1.82) is 0 Å². The van der Waals surface area contributed by atoms with Crippen molar-refractivity contribution in [3.63, 3.8) is 0 Å². The summed E-state index contributed by atoms with van der Waals surface area (Å²) in [6, 6.07) is 34.2. The number of tetrazole rings is 1. The molecule has 0 aliphatic carbocycles. The van der Waals surface area contributed by atoms with E-state index in [1.54, 1.807) is 0 Å². The molecule has 0 bridgehead atoms. The molecule has 0 unspecified atom stereocenters. The van der Waals surface area contributed by atoms with Crippen LogP contribution in [-0.4, -0.2) is 29.8 Å². The minimum Gasteiger partial charge on any atom is -0.371 e. The fourth-order valence-corrected chi connectivity index (χ4v) is 4.36. The van der Waals surface area contributed by atoms with Gasteiger partial charge in [0.15, 0.2) is 0 Å². The second-order valence-corrected chi connectivity index (χ2v) is 8.18. The van der Waals surface area contributed by atoms with Crippen LogP contribution in [0, 0.1) is 13.0 Å². The largest absolute Gasteiger partial charge is 0.371 e. The topological polar surface area (TPSA) is 61.4 Å². The van der Waals surface area contributed by atoms with Gasteiger partial charge in [-0.15, -0.1) is 23.8 Å². The zero-order valence-corrected chi connectivity index (χ0v) is 21.6. The summed E-state index contributed by atoms with van der Waals surface area (Å²) in [4.78, 5) is 4.68. The SMILES string of the molecule is Cc1nc2cc(-c3nnnn3-c3c(-c4ccccc4)cccc3-c3ccccc3)[c-]cc2n1C.[Ir]. The van der Waals surface area contributed by atoms with Gasteiger partial charge < -0.3 is 4.57 Å². The first-order valence-electron chi connectivity index (χ1n) is 11.1. The Kier molecular flexibility index (Phi) is 6.12. The molecule has 1 radical (unpaired) electrons. The molecular weight excluding hydrogens is 613 g/mol. The van der Waals surface area contributed by atoms with Crippen LogP contribution in [0.15, 0.2) is 91.0 Å². The van der Waals surface area contributed by atoms with Gasteiger partial charge in [0.25, 0.3) is 0 Å². The maximum atomic E-state index is 4.68. The van der Waals surface area contributed by atoms with E-state index in [9.17, 15) is 0 Å². The third-order valence-corrected chi connectivity index (χ3v) is 6.16. The molecule has 4 aromatic carbocycles. The maximum absolute atomic E-state index is 4.68. The molecule has 35 heavy (non-hydrogen) atoms. The summed E-state index contributed by atoms with van der Waals surface area (Å²) >= 11 is 0. The molecule has 0 amide bonds. The number of aromatic nitrogens is 6. The number of hydrogen-bond acceptors (Lipinski definition) is 4. The fraction of sp³-hybridized carbons (Fsp3) is 0.0714. The average molecular weight is 634 g/mol. The minimum absolute atomic E-state index is 0. The van der Waals surface area contributed by atoms with Crippen molar-refractivity contribution in [1.82, 2.24) is 29.8 Å². The monoisotopic (exact) mass is 634 g/mol. The number of rotatable bonds is 4. The number of hydrogen-bond donors (Lipinski definition) is 0. The molecule has 0 atom stereocenters. The summed E-state index contributed by atoms with van der Waals surface area (Å²) in [7, 11) is 2.00. The van der Waals surface area contributed by atoms with Crippen LogP contribution in [-0.2, 0) is 27.2 Å². The summed E-state index contributed by atoms with van der Waals surface area (Å²) in [5.41, 5.74) is 7.91. The molecule has 0 aliphatic heterocycles.